The third kappa shape index (κ3) is 7.75. The molecule has 1 amide bonds. The molecule has 12 heteroatoms. The molecule has 1 aliphatic heterocycles. The fraction of sp³-hybridized carbons (Fsp3) is 0.194. The van der Waals surface area contributed by atoms with Gasteiger partial charge in [0.1, 0.15) is 12.6 Å². The zero-order valence-electron chi connectivity index (χ0n) is 26.4. The highest BCUT2D eigenvalue weighted by Gasteiger charge is 2.35. The van der Waals surface area contributed by atoms with Crippen LogP contribution in [0, 0.1) is 6.92 Å². The SMILES string of the molecule is CCOc1cc(C2C(C(=O)Nc3cccc(C)c3)=C(C)Nc3nc(SCc4ccccc4Cl)nn32)cc(Br)c1OCc1ccc(Br)cc1. The molecule has 4 aromatic carbocycles. The number of thioether (sulfide) groups is 1. The Kier molecular flexibility index (Phi) is 10.8. The molecular weight excluding hydrogens is 778 g/mol. The molecule has 246 valence electrons. The quantitative estimate of drug-likeness (QED) is 0.129. The van der Waals surface area contributed by atoms with Gasteiger partial charge in [-0.25, -0.2) is 4.68 Å². The predicted molar refractivity (Wildman–Crippen MR) is 199 cm³/mol. The maximum atomic E-state index is 14.1. The first kappa shape index (κ1) is 34.1. The molecule has 0 bridgehead atoms. The maximum Gasteiger partial charge on any atom is 0.255 e. The Hall–Kier alpha value is -3.77. The van der Waals surface area contributed by atoms with Crippen molar-refractivity contribution >= 4 is 72.8 Å². The van der Waals surface area contributed by atoms with Crippen LogP contribution in [0.25, 0.3) is 0 Å². The van der Waals surface area contributed by atoms with E-state index in [0.29, 0.717) is 68.0 Å². The Morgan fingerprint density at radius 2 is 1.81 bits per heavy atom. The van der Waals surface area contributed by atoms with Crippen LogP contribution in [0.3, 0.4) is 0 Å². The van der Waals surface area contributed by atoms with Gasteiger partial charge in [0, 0.05) is 26.6 Å². The predicted octanol–water partition coefficient (Wildman–Crippen LogP) is 9.96. The summed E-state index contributed by atoms with van der Waals surface area (Å²) in [6.45, 7) is 6.56. The highest BCUT2D eigenvalue weighted by molar-refractivity contribution is 9.10. The summed E-state index contributed by atoms with van der Waals surface area (Å²) in [5, 5.41) is 12.6. The number of anilines is 2. The van der Waals surface area contributed by atoms with Gasteiger partial charge < -0.3 is 20.1 Å². The number of hydrogen-bond acceptors (Lipinski definition) is 7. The Bertz CT molecular complexity index is 2000. The minimum atomic E-state index is -0.635. The molecule has 0 saturated heterocycles. The normalized spacial score (nSPS) is 13.9. The number of amides is 1. The van der Waals surface area contributed by atoms with Gasteiger partial charge in [-0.05, 0) is 101 Å². The molecule has 0 saturated carbocycles. The summed E-state index contributed by atoms with van der Waals surface area (Å²) in [5.74, 6) is 1.97. The molecule has 1 aliphatic rings. The lowest BCUT2D eigenvalue weighted by Crippen LogP contribution is -2.31. The van der Waals surface area contributed by atoms with Gasteiger partial charge in [-0.3, -0.25) is 4.79 Å². The van der Waals surface area contributed by atoms with Gasteiger partial charge in [0.25, 0.3) is 5.91 Å². The number of carbonyl (C=O) groups excluding carboxylic acids is 1. The lowest BCUT2D eigenvalue weighted by molar-refractivity contribution is -0.113. The number of rotatable bonds is 11. The summed E-state index contributed by atoms with van der Waals surface area (Å²) in [7, 11) is 0. The smallest absolute Gasteiger partial charge is 0.255 e. The van der Waals surface area contributed by atoms with Gasteiger partial charge in [-0.15, -0.1) is 5.10 Å². The monoisotopic (exact) mass is 807 g/mol. The Morgan fingerprint density at radius 3 is 2.56 bits per heavy atom. The average Bonchev–Trinajstić information content (AvgIpc) is 3.46. The van der Waals surface area contributed by atoms with Crippen LogP contribution in [-0.4, -0.2) is 27.3 Å². The Balaban J connectivity index is 1.39. The number of carbonyl (C=O) groups is 1. The van der Waals surface area contributed by atoms with Crippen molar-refractivity contribution in [2.45, 2.75) is 44.3 Å². The van der Waals surface area contributed by atoms with Crippen LogP contribution in [-0.2, 0) is 17.2 Å². The third-order valence-corrected chi connectivity index (χ3v) is 9.99. The second-order valence-electron chi connectivity index (χ2n) is 11.1. The summed E-state index contributed by atoms with van der Waals surface area (Å²) in [6, 6.07) is 26.6. The van der Waals surface area contributed by atoms with Crippen LogP contribution in [0.4, 0.5) is 11.6 Å². The minimum absolute atomic E-state index is 0.258. The molecule has 48 heavy (non-hydrogen) atoms. The lowest BCUT2D eigenvalue weighted by Gasteiger charge is -2.29. The van der Waals surface area contributed by atoms with Crippen LogP contribution < -0.4 is 20.1 Å². The standard InChI is InChI=1S/C36H32Br2ClN5O3S/c1-4-46-30-18-25(17-28(38)33(30)47-19-23-12-14-26(37)15-13-23)32-31(34(45)41-27-10-7-8-21(2)16-27)22(3)40-35-42-36(43-44(32)35)48-20-24-9-5-6-11-29(24)39/h5-18,32H,4,19-20H2,1-3H3,(H,41,45)(H,40,42,43). The second-order valence-corrected chi connectivity index (χ2v) is 14.2. The summed E-state index contributed by atoms with van der Waals surface area (Å²) in [6.07, 6.45) is 0. The van der Waals surface area contributed by atoms with E-state index in [2.05, 4.69) is 42.5 Å². The van der Waals surface area contributed by atoms with Gasteiger partial charge >= 0.3 is 0 Å². The van der Waals surface area contributed by atoms with E-state index in [1.807, 2.05) is 106 Å². The molecule has 8 nitrogen and oxygen atoms in total. The van der Waals surface area contributed by atoms with E-state index in [9.17, 15) is 4.79 Å². The van der Waals surface area contributed by atoms with Crippen molar-refractivity contribution in [1.29, 1.82) is 0 Å². The molecule has 1 unspecified atom stereocenters. The topological polar surface area (TPSA) is 90.3 Å². The van der Waals surface area contributed by atoms with E-state index in [4.69, 9.17) is 31.2 Å². The summed E-state index contributed by atoms with van der Waals surface area (Å²) < 4.78 is 15.9. The van der Waals surface area contributed by atoms with Crippen molar-refractivity contribution in [2.75, 3.05) is 17.2 Å². The van der Waals surface area contributed by atoms with Crippen LogP contribution >= 0.6 is 55.2 Å². The van der Waals surface area contributed by atoms with Gasteiger partial charge in [0.2, 0.25) is 11.1 Å². The summed E-state index contributed by atoms with van der Waals surface area (Å²) in [4.78, 5) is 18.9. The Morgan fingerprint density at radius 1 is 1.02 bits per heavy atom. The van der Waals surface area contributed by atoms with Crippen LogP contribution in [0.15, 0.2) is 110 Å². The average molecular weight is 810 g/mol. The van der Waals surface area contributed by atoms with E-state index in [1.54, 1.807) is 4.68 Å². The number of hydrogen-bond donors (Lipinski definition) is 2. The van der Waals surface area contributed by atoms with E-state index in [0.717, 1.165) is 26.7 Å². The number of nitrogens with one attached hydrogen (secondary N) is 2. The van der Waals surface area contributed by atoms with Crippen molar-refractivity contribution < 1.29 is 14.3 Å². The number of aryl methyl sites for hydroxylation is 1. The fourth-order valence-electron chi connectivity index (χ4n) is 5.36. The minimum Gasteiger partial charge on any atom is -0.490 e. The van der Waals surface area contributed by atoms with Crippen molar-refractivity contribution in [1.82, 2.24) is 14.8 Å². The van der Waals surface area contributed by atoms with E-state index in [-0.39, 0.29) is 5.91 Å². The van der Waals surface area contributed by atoms with Gasteiger partial charge in [0.15, 0.2) is 11.5 Å². The number of aromatic nitrogens is 3. The molecule has 2 N–H and O–H groups in total. The number of halogens is 3. The molecule has 6 rings (SSSR count). The number of fused-ring (bicyclic) bond motifs is 1. The zero-order valence-corrected chi connectivity index (χ0v) is 31.1. The highest BCUT2D eigenvalue weighted by Crippen LogP contribution is 2.44. The first-order chi connectivity index (χ1) is 23.2. The molecule has 0 spiro atoms. The zero-order chi connectivity index (χ0) is 33.8. The number of benzene rings is 4. The second kappa shape index (κ2) is 15.2. The molecule has 2 heterocycles. The van der Waals surface area contributed by atoms with Crippen LogP contribution in [0.5, 0.6) is 11.5 Å². The van der Waals surface area contributed by atoms with Crippen molar-refractivity contribution in [2.24, 2.45) is 0 Å². The first-order valence-corrected chi connectivity index (χ1v) is 18.2. The lowest BCUT2D eigenvalue weighted by atomic mass is 9.94. The summed E-state index contributed by atoms with van der Waals surface area (Å²) in [5.41, 5.74) is 5.67. The molecule has 0 fully saturated rings. The first-order valence-electron chi connectivity index (χ1n) is 15.2. The van der Waals surface area contributed by atoms with Gasteiger partial charge in [-0.1, -0.05) is 81.8 Å². The number of allylic oxidation sites excluding steroid dienone is 1. The van der Waals surface area contributed by atoms with Crippen molar-refractivity contribution in [3.05, 3.63) is 132 Å². The Labute approximate surface area is 305 Å². The van der Waals surface area contributed by atoms with Crippen LogP contribution in [0.1, 0.15) is 42.1 Å². The van der Waals surface area contributed by atoms with E-state index >= 15 is 0 Å². The van der Waals surface area contributed by atoms with Gasteiger partial charge in [0.05, 0.1) is 16.7 Å². The summed E-state index contributed by atoms with van der Waals surface area (Å²) >= 11 is 15.1. The number of ether oxygens (including phenoxy) is 2. The molecule has 1 aromatic heterocycles. The van der Waals surface area contributed by atoms with Crippen molar-refractivity contribution in [3.8, 4) is 11.5 Å². The van der Waals surface area contributed by atoms with E-state index < -0.39 is 6.04 Å². The highest BCUT2D eigenvalue weighted by atomic mass is 79.9. The molecule has 0 aliphatic carbocycles. The maximum absolute atomic E-state index is 14.1. The molecule has 1 atom stereocenters. The molecular formula is C36H32Br2ClN5O3S. The third-order valence-electron chi connectivity index (χ3n) is 7.61. The van der Waals surface area contributed by atoms with Crippen LogP contribution in [0.2, 0.25) is 5.02 Å². The number of nitrogens with zero attached hydrogens (tertiary/aromatic N) is 3. The largest absolute Gasteiger partial charge is 0.490 e. The molecule has 5 aromatic rings. The van der Waals surface area contributed by atoms with E-state index in [1.165, 1.54) is 11.8 Å². The van der Waals surface area contributed by atoms with Gasteiger partial charge in [-0.2, -0.15) is 4.98 Å². The fourth-order valence-corrected chi connectivity index (χ4v) is 7.31. The molecule has 0 radical (unpaired) electrons. The van der Waals surface area contributed by atoms with Crippen molar-refractivity contribution in [3.63, 3.8) is 0 Å².